The second kappa shape index (κ2) is 8.00. The highest BCUT2D eigenvalue weighted by Crippen LogP contribution is 2.24. The molecule has 0 bridgehead atoms. The zero-order valence-electron chi connectivity index (χ0n) is 16.8. The summed E-state index contributed by atoms with van der Waals surface area (Å²) in [5.74, 6) is 0.695. The molecule has 9 heteroatoms. The molecule has 1 aliphatic heterocycles. The maximum atomic E-state index is 12.7. The predicted molar refractivity (Wildman–Crippen MR) is 112 cm³/mol. The van der Waals surface area contributed by atoms with Crippen LogP contribution in [0.1, 0.15) is 15.9 Å². The van der Waals surface area contributed by atoms with Crippen molar-refractivity contribution in [2.24, 2.45) is 0 Å². The minimum Gasteiger partial charge on any atom is -0.416 e. The van der Waals surface area contributed by atoms with Crippen LogP contribution < -0.4 is 0 Å². The Kier molecular flexibility index (Phi) is 5.40. The summed E-state index contributed by atoms with van der Waals surface area (Å²) in [4.78, 5) is 14.4. The van der Waals surface area contributed by atoms with Crippen LogP contribution in [0.15, 0.2) is 52.9 Å². The molecule has 1 saturated heterocycles. The molecule has 0 spiro atoms. The molecule has 0 N–H and O–H groups in total. The number of aromatic nitrogens is 2. The summed E-state index contributed by atoms with van der Waals surface area (Å²) in [6.45, 7) is 3.38. The van der Waals surface area contributed by atoms with E-state index in [0.29, 0.717) is 43.5 Å². The lowest BCUT2D eigenvalue weighted by Gasteiger charge is -2.33. The van der Waals surface area contributed by atoms with Gasteiger partial charge in [-0.3, -0.25) is 4.79 Å². The first-order valence-electron chi connectivity index (χ1n) is 9.56. The third-order valence-corrected chi connectivity index (χ3v) is 6.40. The molecule has 1 fully saturated rings. The minimum absolute atomic E-state index is 0.124. The molecule has 0 saturated carbocycles. The first kappa shape index (κ1) is 20.2. The number of nitrogens with zero attached hydrogens (tertiary/aromatic N) is 4. The summed E-state index contributed by atoms with van der Waals surface area (Å²) in [5, 5.41) is 8.21. The van der Waals surface area contributed by atoms with Gasteiger partial charge < -0.3 is 9.32 Å². The lowest BCUT2D eigenvalue weighted by molar-refractivity contribution is 0.0698. The summed E-state index contributed by atoms with van der Waals surface area (Å²) in [7, 11) is -3.22. The first-order chi connectivity index (χ1) is 14.3. The van der Waals surface area contributed by atoms with Gasteiger partial charge >= 0.3 is 0 Å². The van der Waals surface area contributed by atoms with Gasteiger partial charge in [0.2, 0.25) is 21.8 Å². The second-order valence-electron chi connectivity index (χ2n) is 7.31. The van der Waals surface area contributed by atoms with Crippen LogP contribution in [-0.4, -0.2) is 66.2 Å². The molecule has 0 radical (unpaired) electrons. The number of hydrogen-bond donors (Lipinski definition) is 0. The summed E-state index contributed by atoms with van der Waals surface area (Å²) >= 11 is 0. The summed E-state index contributed by atoms with van der Waals surface area (Å²) in [5.41, 5.74) is 3.25. The van der Waals surface area contributed by atoms with E-state index in [0.717, 1.165) is 16.7 Å². The maximum Gasteiger partial charge on any atom is 0.253 e. The van der Waals surface area contributed by atoms with Crippen LogP contribution in [0.5, 0.6) is 0 Å². The smallest absolute Gasteiger partial charge is 0.253 e. The highest BCUT2D eigenvalue weighted by atomic mass is 32.2. The van der Waals surface area contributed by atoms with Crippen molar-refractivity contribution in [2.45, 2.75) is 6.92 Å². The number of hydrogen-bond acceptors (Lipinski definition) is 6. The van der Waals surface area contributed by atoms with Gasteiger partial charge in [-0.1, -0.05) is 17.7 Å². The second-order valence-corrected chi connectivity index (χ2v) is 9.29. The van der Waals surface area contributed by atoms with Crippen molar-refractivity contribution < 1.29 is 17.6 Å². The lowest BCUT2D eigenvalue weighted by atomic mass is 10.1. The van der Waals surface area contributed by atoms with Crippen molar-refractivity contribution in [3.05, 3.63) is 59.7 Å². The van der Waals surface area contributed by atoms with Gasteiger partial charge in [0.15, 0.2) is 0 Å². The normalized spacial score (nSPS) is 15.3. The van der Waals surface area contributed by atoms with Crippen molar-refractivity contribution in [1.29, 1.82) is 0 Å². The molecule has 3 aromatic rings. The lowest BCUT2D eigenvalue weighted by Crippen LogP contribution is -2.50. The Balaban J connectivity index is 1.44. The predicted octanol–water partition coefficient (Wildman–Crippen LogP) is 2.43. The Labute approximate surface area is 175 Å². The minimum atomic E-state index is -3.22. The quantitative estimate of drug-likeness (QED) is 0.636. The maximum absolute atomic E-state index is 12.7. The standard InChI is InChI=1S/C21H22N4O4S/c1-15-3-5-16(6-4-15)19-22-23-20(29-19)17-7-9-18(10-8-17)21(26)24-11-13-25(14-12-24)30(2,27)28/h3-10H,11-14H2,1-2H3. The largest absolute Gasteiger partial charge is 0.416 e. The van der Waals surface area contributed by atoms with Crippen LogP contribution in [0, 0.1) is 6.92 Å². The highest BCUT2D eigenvalue weighted by Gasteiger charge is 2.26. The average molecular weight is 426 g/mol. The number of sulfonamides is 1. The van der Waals surface area contributed by atoms with Crippen LogP contribution in [0.2, 0.25) is 0 Å². The summed E-state index contributed by atoms with van der Waals surface area (Å²) < 4.78 is 30.4. The molecule has 1 aliphatic rings. The number of piperazine rings is 1. The van der Waals surface area contributed by atoms with Gasteiger partial charge in [-0.25, -0.2) is 8.42 Å². The van der Waals surface area contributed by atoms with Crippen LogP contribution >= 0.6 is 0 Å². The Morgan fingerprint density at radius 3 is 1.87 bits per heavy atom. The third-order valence-electron chi connectivity index (χ3n) is 5.10. The van der Waals surface area contributed by atoms with Gasteiger partial charge in [0, 0.05) is 42.9 Å². The number of aryl methyl sites for hydroxylation is 1. The first-order valence-corrected chi connectivity index (χ1v) is 11.4. The van der Waals surface area contributed by atoms with E-state index in [4.69, 9.17) is 4.42 Å². The molecular formula is C21H22N4O4S. The molecular weight excluding hydrogens is 404 g/mol. The third kappa shape index (κ3) is 4.27. The number of amides is 1. The van der Waals surface area contributed by atoms with Gasteiger partial charge in [-0.15, -0.1) is 10.2 Å². The average Bonchev–Trinajstić information content (AvgIpc) is 3.24. The van der Waals surface area contributed by atoms with E-state index in [1.54, 1.807) is 29.2 Å². The van der Waals surface area contributed by atoms with Crippen molar-refractivity contribution in [3.63, 3.8) is 0 Å². The van der Waals surface area contributed by atoms with Crippen molar-refractivity contribution in [1.82, 2.24) is 19.4 Å². The van der Waals surface area contributed by atoms with Crippen LogP contribution in [-0.2, 0) is 10.0 Å². The molecule has 2 aromatic carbocycles. The molecule has 0 atom stereocenters. The van der Waals surface area contributed by atoms with Crippen molar-refractivity contribution >= 4 is 15.9 Å². The van der Waals surface area contributed by atoms with E-state index in [-0.39, 0.29) is 5.91 Å². The number of benzene rings is 2. The highest BCUT2D eigenvalue weighted by molar-refractivity contribution is 7.88. The van der Waals surface area contributed by atoms with E-state index >= 15 is 0 Å². The molecule has 4 rings (SSSR count). The van der Waals surface area contributed by atoms with E-state index in [1.807, 2.05) is 31.2 Å². The molecule has 2 heterocycles. The fraction of sp³-hybridized carbons (Fsp3) is 0.286. The van der Waals surface area contributed by atoms with E-state index < -0.39 is 10.0 Å². The SMILES string of the molecule is Cc1ccc(-c2nnc(-c3ccc(C(=O)N4CCN(S(C)(=O)=O)CC4)cc3)o2)cc1. The van der Waals surface area contributed by atoms with Crippen LogP contribution in [0.4, 0.5) is 0 Å². The van der Waals surface area contributed by atoms with Gasteiger partial charge in [0.25, 0.3) is 5.91 Å². The Bertz CT molecular complexity index is 1150. The zero-order chi connectivity index (χ0) is 21.3. The van der Waals surface area contributed by atoms with Gasteiger partial charge in [-0.05, 0) is 43.3 Å². The van der Waals surface area contributed by atoms with Crippen molar-refractivity contribution in [2.75, 3.05) is 32.4 Å². The number of carbonyl (C=O) groups excluding carboxylic acids is 1. The molecule has 0 aliphatic carbocycles. The fourth-order valence-electron chi connectivity index (χ4n) is 3.31. The molecule has 1 aromatic heterocycles. The molecule has 30 heavy (non-hydrogen) atoms. The van der Waals surface area contributed by atoms with E-state index in [9.17, 15) is 13.2 Å². The van der Waals surface area contributed by atoms with Gasteiger partial charge in [-0.2, -0.15) is 4.31 Å². The van der Waals surface area contributed by atoms with Gasteiger partial charge in [0.05, 0.1) is 6.26 Å². The molecule has 8 nitrogen and oxygen atoms in total. The molecule has 1 amide bonds. The number of rotatable bonds is 4. The Morgan fingerprint density at radius 1 is 0.867 bits per heavy atom. The summed E-state index contributed by atoms with van der Waals surface area (Å²) in [6, 6.07) is 14.8. The molecule has 0 unspecified atom stereocenters. The summed E-state index contributed by atoms with van der Waals surface area (Å²) in [6.07, 6.45) is 1.19. The topological polar surface area (TPSA) is 96.6 Å². The van der Waals surface area contributed by atoms with E-state index in [2.05, 4.69) is 10.2 Å². The Morgan fingerprint density at radius 2 is 1.37 bits per heavy atom. The Hall–Kier alpha value is -3.04. The van der Waals surface area contributed by atoms with E-state index in [1.165, 1.54) is 10.6 Å². The van der Waals surface area contributed by atoms with Crippen LogP contribution in [0.25, 0.3) is 22.9 Å². The van der Waals surface area contributed by atoms with Crippen molar-refractivity contribution in [3.8, 4) is 22.9 Å². The number of carbonyl (C=O) groups is 1. The van der Waals surface area contributed by atoms with Crippen LogP contribution in [0.3, 0.4) is 0 Å². The zero-order valence-corrected chi connectivity index (χ0v) is 17.6. The van der Waals surface area contributed by atoms with Gasteiger partial charge in [0.1, 0.15) is 0 Å². The molecule has 156 valence electrons. The monoisotopic (exact) mass is 426 g/mol. The fourth-order valence-corrected chi connectivity index (χ4v) is 4.14.